The van der Waals surface area contributed by atoms with Gasteiger partial charge in [0.15, 0.2) is 0 Å². The summed E-state index contributed by atoms with van der Waals surface area (Å²) >= 11 is 0. The van der Waals surface area contributed by atoms with Crippen LogP contribution in [-0.2, 0) is 9.59 Å². The highest BCUT2D eigenvalue weighted by atomic mass is 16.5. The molecular weight excluding hydrogens is 336 g/mol. The van der Waals surface area contributed by atoms with Crippen molar-refractivity contribution in [1.82, 2.24) is 5.32 Å². The Morgan fingerprint density at radius 3 is 2.04 bits per heavy atom. The van der Waals surface area contributed by atoms with Crippen LogP contribution in [0, 0.1) is 0 Å². The van der Waals surface area contributed by atoms with E-state index < -0.39 is 11.9 Å². The first-order chi connectivity index (χ1) is 12.5. The SMILES string of the molecule is O=C(O)/C=C/C(=O)O.c1cc(N2CCCC2)ccc1OC1CCNCC1. The van der Waals surface area contributed by atoms with Crippen molar-refractivity contribution < 1.29 is 24.5 Å². The van der Waals surface area contributed by atoms with Crippen molar-refractivity contribution in [2.24, 2.45) is 0 Å². The topological polar surface area (TPSA) is 99.1 Å². The molecule has 0 saturated carbocycles. The number of ether oxygens (including phenoxy) is 1. The number of carboxylic acids is 2. The van der Waals surface area contributed by atoms with Gasteiger partial charge in [0.2, 0.25) is 0 Å². The Morgan fingerprint density at radius 2 is 1.54 bits per heavy atom. The minimum absolute atomic E-state index is 0.392. The number of piperidine rings is 1. The van der Waals surface area contributed by atoms with Gasteiger partial charge < -0.3 is 25.2 Å². The van der Waals surface area contributed by atoms with Crippen LogP contribution >= 0.6 is 0 Å². The van der Waals surface area contributed by atoms with Gasteiger partial charge in [-0.15, -0.1) is 0 Å². The monoisotopic (exact) mass is 362 g/mol. The van der Waals surface area contributed by atoms with Crippen LogP contribution in [0.1, 0.15) is 25.7 Å². The molecular formula is C19H26N2O5. The van der Waals surface area contributed by atoms with Crippen molar-refractivity contribution in [3.8, 4) is 5.75 Å². The summed E-state index contributed by atoms with van der Waals surface area (Å²) in [5.74, 6) is -1.50. The lowest BCUT2D eigenvalue weighted by atomic mass is 10.1. The number of aliphatic carboxylic acids is 2. The number of anilines is 1. The predicted molar refractivity (Wildman–Crippen MR) is 98.8 cm³/mol. The third kappa shape index (κ3) is 7.14. The fourth-order valence-electron chi connectivity index (χ4n) is 2.96. The average Bonchev–Trinajstić information content (AvgIpc) is 3.17. The van der Waals surface area contributed by atoms with Gasteiger partial charge in [-0.3, -0.25) is 0 Å². The molecule has 2 fully saturated rings. The Hall–Kier alpha value is -2.54. The quantitative estimate of drug-likeness (QED) is 0.690. The van der Waals surface area contributed by atoms with E-state index in [9.17, 15) is 9.59 Å². The number of nitrogens with one attached hydrogen (secondary N) is 1. The van der Waals surface area contributed by atoms with Gasteiger partial charge >= 0.3 is 11.9 Å². The minimum Gasteiger partial charge on any atom is -0.490 e. The van der Waals surface area contributed by atoms with Gasteiger partial charge in [-0.1, -0.05) is 0 Å². The number of hydrogen-bond acceptors (Lipinski definition) is 5. The van der Waals surface area contributed by atoms with Crippen LogP contribution in [0.4, 0.5) is 5.69 Å². The van der Waals surface area contributed by atoms with Crippen molar-refractivity contribution in [3.63, 3.8) is 0 Å². The summed E-state index contributed by atoms with van der Waals surface area (Å²) in [4.78, 5) is 21.6. The van der Waals surface area contributed by atoms with Crippen molar-refractivity contribution in [1.29, 1.82) is 0 Å². The smallest absolute Gasteiger partial charge is 0.328 e. The van der Waals surface area contributed by atoms with Crippen LogP contribution in [0.15, 0.2) is 36.4 Å². The molecule has 3 N–H and O–H groups in total. The predicted octanol–water partition coefficient (Wildman–Crippen LogP) is 2.13. The first-order valence-corrected chi connectivity index (χ1v) is 8.91. The summed E-state index contributed by atoms with van der Waals surface area (Å²) in [6, 6.07) is 8.63. The largest absolute Gasteiger partial charge is 0.490 e. The van der Waals surface area contributed by atoms with Gasteiger partial charge in [0.25, 0.3) is 0 Å². The first kappa shape index (κ1) is 19.8. The van der Waals surface area contributed by atoms with Crippen molar-refractivity contribution in [2.45, 2.75) is 31.8 Å². The molecule has 2 heterocycles. The molecule has 0 spiro atoms. The molecule has 0 aliphatic carbocycles. The summed E-state index contributed by atoms with van der Waals surface area (Å²) < 4.78 is 6.01. The molecule has 2 aliphatic rings. The molecule has 142 valence electrons. The molecule has 0 amide bonds. The second-order valence-corrected chi connectivity index (χ2v) is 6.27. The van der Waals surface area contributed by atoms with Gasteiger partial charge in [0.05, 0.1) is 0 Å². The third-order valence-electron chi connectivity index (χ3n) is 4.27. The average molecular weight is 362 g/mol. The molecule has 7 heteroatoms. The molecule has 0 radical (unpaired) electrons. The lowest BCUT2D eigenvalue weighted by molar-refractivity contribution is -0.134. The normalized spacial score (nSPS) is 17.6. The number of rotatable bonds is 5. The fraction of sp³-hybridized carbons (Fsp3) is 0.474. The van der Waals surface area contributed by atoms with E-state index in [0.29, 0.717) is 18.3 Å². The van der Waals surface area contributed by atoms with E-state index in [1.165, 1.54) is 31.6 Å². The number of hydrogen-bond donors (Lipinski definition) is 3. The Kier molecular flexibility index (Phi) is 7.95. The van der Waals surface area contributed by atoms with Crippen LogP contribution in [0.25, 0.3) is 0 Å². The summed E-state index contributed by atoms with van der Waals surface area (Å²) in [6.45, 7) is 4.57. The van der Waals surface area contributed by atoms with E-state index in [-0.39, 0.29) is 0 Å². The highest BCUT2D eigenvalue weighted by Gasteiger charge is 2.15. The van der Waals surface area contributed by atoms with Gasteiger partial charge in [0, 0.05) is 30.9 Å². The summed E-state index contributed by atoms with van der Waals surface area (Å²) in [6.07, 6.45) is 6.40. The molecule has 0 unspecified atom stereocenters. The zero-order valence-electron chi connectivity index (χ0n) is 14.8. The van der Waals surface area contributed by atoms with Crippen LogP contribution in [0.3, 0.4) is 0 Å². The van der Waals surface area contributed by atoms with E-state index >= 15 is 0 Å². The second-order valence-electron chi connectivity index (χ2n) is 6.27. The van der Waals surface area contributed by atoms with E-state index in [4.69, 9.17) is 14.9 Å². The molecule has 0 atom stereocenters. The Balaban J connectivity index is 0.000000260. The Labute approximate surface area is 153 Å². The van der Waals surface area contributed by atoms with E-state index in [2.05, 4.69) is 34.5 Å². The van der Waals surface area contributed by atoms with Crippen molar-refractivity contribution in [3.05, 3.63) is 36.4 Å². The number of carbonyl (C=O) groups is 2. The standard InChI is InChI=1S/C15H22N2O.C4H4O4/c1-2-12-17(11-1)13-3-5-14(6-4-13)18-15-7-9-16-10-8-15;5-3(6)1-2-4(7)8/h3-6,15-16H,1-2,7-12H2;1-2H,(H,5,6)(H,7,8)/b;2-1+. The van der Waals surface area contributed by atoms with Gasteiger partial charge in [-0.05, 0) is 63.0 Å². The molecule has 0 bridgehead atoms. The molecule has 0 aromatic heterocycles. The van der Waals surface area contributed by atoms with Gasteiger partial charge in [-0.25, -0.2) is 9.59 Å². The minimum atomic E-state index is -1.26. The van der Waals surface area contributed by atoms with E-state index in [0.717, 1.165) is 31.7 Å². The van der Waals surface area contributed by atoms with Gasteiger partial charge in [-0.2, -0.15) is 0 Å². The maximum Gasteiger partial charge on any atom is 0.328 e. The molecule has 3 rings (SSSR count). The zero-order valence-corrected chi connectivity index (χ0v) is 14.8. The highest BCUT2D eigenvalue weighted by molar-refractivity contribution is 5.89. The van der Waals surface area contributed by atoms with Gasteiger partial charge in [0.1, 0.15) is 11.9 Å². The van der Waals surface area contributed by atoms with Crippen LogP contribution in [0.5, 0.6) is 5.75 Å². The molecule has 7 nitrogen and oxygen atoms in total. The lowest BCUT2D eigenvalue weighted by Gasteiger charge is -2.24. The molecule has 1 aromatic rings. The second kappa shape index (κ2) is 10.5. The Morgan fingerprint density at radius 1 is 1.00 bits per heavy atom. The zero-order chi connectivity index (χ0) is 18.8. The molecule has 1 aromatic carbocycles. The fourth-order valence-corrected chi connectivity index (χ4v) is 2.96. The highest BCUT2D eigenvalue weighted by Crippen LogP contribution is 2.24. The summed E-state index contributed by atoms with van der Waals surface area (Å²) in [7, 11) is 0. The summed E-state index contributed by atoms with van der Waals surface area (Å²) in [5.41, 5.74) is 1.34. The maximum absolute atomic E-state index is 9.55. The van der Waals surface area contributed by atoms with Crippen LogP contribution in [-0.4, -0.2) is 54.4 Å². The van der Waals surface area contributed by atoms with E-state index in [1.54, 1.807) is 0 Å². The first-order valence-electron chi connectivity index (χ1n) is 8.91. The van der Waals surface area contributed by atoms with Crippen LogP contribution in [0.2, 0.25) is 0 Å². The third-order valence-corrected chi connectivity index (χ3v) is 4.27. The maximum atomic E-state index is 9.55. The molecule has 2 saturated heterocycles. The van der Waals surface area contributed by atoms with Crippen molar-refractivity contribution >= 4 is 17.6 Å². The van der Waals surface area contributed by atoms with Crippen molar-refractivity contribution in [2.75, 3.05) is 31.1 Å². The number of nitrogens with zero attached hydrogens (tertiary/aromatic N) is 1. The number of carboxylic acid groups (broad SMARTS) is 2. The lowest BCUT2D eigenvalue weighted by Crippen LogP contribution is -2.34. The number of benzene rings is 1. The molecule has 2 aliphatic heterocycles. The van der Waals surface area contributed by atoms with Crippen LogP contribution < -0.4 is 15.0 Å². The van der Waals surface area contributed by atoms with E-state index in [1.807, 2.05) is 0 Å². The molecule has 26 heavy (non-hydrogen) atoms. The summed E-state index contributed by atoms with van der Waals surface area (Å²) in [5, 5.41) is 19.0. The Bertz CT molecular complexity index is 587.